The van der Waals surface area contributed by atoms with Crippen molar-refractivity contribution in [3.63, 3.8) is 0 Å². The smallest absolute Gasteiger partial charge is 0.232 e. The molecule has 0 radical (unpaired) electrons. The number of likely N-dealkylation sites (tertiary alicyclic amines) is 1. The maximum atomic E-state index is 12.1. The standard InChI is InChI=1S/C13H19NO3/c1-14-12(16)9-4-2-3-7-5-8(15)6-10(11(7)9)13(14)17/h7-11,15H,2-6H2,1H3. The molecule has 4 heteroatoms. The van der Waals surface area contributed by atoms with Gasteiger partial charge in [-0.25, -0.2) is 0 Å². The SMILES string of the molecule is CN1C(=O)C2CCCC3CC(O)CC(C1=O)C32. The van der Waals surface area contributed by atoms with Crippen LogP contribution in [0.4, 0.5) is 0 Å². The monoisotopic (exact) mass is 237 g/mol. The summed E-state index contributed by atoms with van der Waals surface area (Å²) in [6.07, 6.45) is 4.02. The average Bonchev–Trinajstić information content (AvgIpc) is 2.32. The Labute approximate surface area is 101 Å². The summed E-state index contributed by atoms with van der Waals surface area (Å²) in [5, 5.41) is 9.87. The van der Waals surface area contributed by atoms with E-state index in [-0.39, 0.29) is 35.7 Å². The molecule has 0 aromatic carbocycles. The zero-order valence-corrected chi connectivity index (χ0v) is 10.1. The molecule has 1 heterocycles. The second kappa shape index (κ2) is 3.80. The number of carbonyl (C=O) groups excluding carboxylic acids is 2. The van der Waals surface area contributed by atoms with Crippen molar-refractivity contribution in [1.82, 2.24) is 4.90 Å². The van der Waals surface area contributed by atoms with Gasteiger partial charge < -0.3 is 5.11 Å². The summed E-state index contributed by atoms with van der Waals surface area (Å²) in [4.78, 5) is 25.6. The lowest BCUT2D eigenvalue weighted by Gasteiger charge is -2.50. The van der Waals surface area contributed by atoms with Crippen molar-refractivity contribution in [2.45, 2.75) is 38.2 Å². The van der Waals surface area contributed by atoms with E-state index in [1.54, 1.807) is 7.05 Å². The number of imide groups is 1. The number of aliphatic hydroxyl groups excluding tert-OH is 1. The fourth-order valence-electron chi connectivity index (χ4n) is 4.25. The number of hydrogen-bond acceptors (Lipinski definition) is 3. The van der Waals surface area contributed by atoms with Gasteiger partial charge in [-0.15, -0.1) is 0 Å². The Balaban J connectivity index is 1.97. The van der Waals surface area contributed by atoms with Crippen LogP contribution in [0.1, 0.15) is 32.1 Å². The topological polar surface area (TPSA) is 57.6 Å². The Morgan fingerprint density at radius 2 is 1.82 bits per heavy atom. The van der Waals surface area contributed by atoms with E-state index in [4.69, 9.17) is 0 Å². The first-order valence-corrected chi connectivity index (χ1v) is 6.59. The van der Waals surface area contributed by atoms with Gasteiger partial charge in [0.25, 0.3) is 0 Å². The Morgan fingerprint density at radius 1 is 1.12 bits per heavy atom. The average molecular weight is 237 g/mol. The summed E-state index contributed by atoms with van der Waals surface area (Å²) >= 11 is 0. The van der Waals surface area contributed by atoms with Crippen molar-refractivity contribution in [2.75, 3.05) is 7.05 Å². The van der Waals surface area contributed by atoms with Crippen molar-refractivity contribution >= 4 is 11.8 Å². The summed E-state index contributed by atoms with van der Waals surface area (Å²) in [6, 6.07) is 0. The van der Waals surface area contributed by atoms with Crippen LogP contribution >= 0.6 is 0 Å². The fraction of sp³-hybridized carbons (Fsp3) is 0.846. The van der Waals surface area contributed by atoms with Gasteiger partial charge >= 0.3 is 0 Å². The minimum absolute atomic E-state index is 0.0114. The van der Waals surface area contributed by atoms with Crippen LogP contribution in [0.15, 0.2) is 0 Å². The molecular weight excluding hydrogens is 218 g/mol. The van der Waals surface area contributed by atoms with Gasteiger partial charge in [0.1, 0.15) is 0 Å². The lowest BCUT2D eigenvalue weighted by Crippen LogP contribution is -2.58. The second-order valence-corrected chi connectivity index (χ2v) is 5.84. The highest BCUT2D eigenvalue weighted by atomic mass is 16.3. The predicted octanol–water partition coefficient (Wildman–Crippen LogP) is 0.788. The zero-order chi connectivity index (χ0) is 12.2. The third-order valence-electron chi connectivity index (χ3n) is 4.96. The van der Waals surface area contributed by atoms with Crippen LogP contribution in [-0.4, -0.2) is 35.0 Å². The summed E-state index contributed by atoms with van der Waals surface area (Å²) in [5.41, 5.74) is 0. The summed E-state index contributed by atoms with van der Waals surface area (Å²) < 4.78 is 0. The molecule has 4 nitrogen and oxygen atoms in total. The van der Waals surface area contributed by atoms with Crippen molar-refractivity contribution in [1.29, 1.82) is 0 Å². The molecule has 0 aromatic heterocycles. The number of piperidine rings is 1. The van der Waals surface area contributed by atoms with Crippen LogP contribution < -0.4 is 0 Å². The number of amides is 2. The molecule has 5 atom stereocenters. The van der Waals surface area contributed by atoms with Gasteiger partial charge in [0, 0.05) is 18.9 Å². The number of carbonyl (C=O) groups is 2. The van der Waals surface area contributed by atoms with E-state index in [1.807, 2.05) is 0 Å². The molecule has 0 bridgehead atoms. The van der Waals surface area contributed by atoms with Crippen molar-refractivity contribution in [2.24, 2.45) is 23.7 Å². The van der Waals surface area contributed by atoms with E-state index < -0.39 is 0 Å². The van der Waals surface area contributed by atoms with E-state index in [0.29, 0.717) is 12.3 Å². The van der Waals surface area contributed by atoms with E-state index >= 15 is 0 Å². The maximum Gasteiger partial charge on any atom is 0.232 e. The van der Waals surface area contributed by atoms with Gasteiger partial charge in [-0.2, -0.15) is 0 Å². The van der Waals surface area contributed by atoms with Gasteiger partial charge in [0.2, 0.25) is 11.8 Å². The molecule has 0 aromatic rings. The minimum Gasteiger partial charge on any atom is -0.393 e. The Hall–Kier alpha value is -0.900. The summed E-state index contributed by atoms with van der Waals surface area (Å²) in [7, 11) is 1.59. The highest BCUT2D eigenvalue weighted by Gasteiger charge is 2.53. The highest BCUT2D eigenvalue weighted by Crippen LogP contribution is 2.50. The molecule has 3 aliphatic rings. The first-order valence-electron chi connectivity index (χ1n) is 6.59. The van der Waals surface area contributed by atoms with Gasteiger partial charge in [0.05, 0.1) is 6.10 Å². The third-order valence-corrected chi connectivity index (χ3v) is 4.96. The molecule has 1 saturated heterocycles. The molecule has 2 aliphatic carbocycles. The van der Waals surface area contributed by atoms with E-state index in [2.05, 4.69) is 0 Å². The molecule has 3 fully saturated rings. The molecule has 3 rings (SSSR count). The molecule has 94 valence electrons. The van der Waals surface area contributed by atoms with Crippen molar-refractivity contribution in [3.05, 3.63) is 0 Å². The lowest BCUT2D eigenvalue weighted by molar-refractivity contribution is -0.167. The van der Waals surface area contributed by atoms with E-state index in [0.717, 1.165) is 25.7 Å². The van der Waals surface area contributed by atoms with Crippen LogP contribution in [0.2, 0.25) is 0 Å². The number of hydrogen-bond donors (Lipinski definition) is 1. The molecular formula is C13H19NO3. The zero-order valence-electron chi connectivity index (χ0n) is 10.1. The second-order valence-electron chi connectivity index (χ2n) is 5.84. The maximum absolute atomic E-state index is 12.1. The Kier molecular flexibility index (Phi) is 2.51. The van der Waals surface area contributed by atoms with Gasteiger partial charge in [-0.05, 0) is 31.1 Å². The summed E-state index contributed by atoms with van der Waals surface area (Å²) in [6.45, 7) is 0. The highest BCUT2D eigenvalue weighted by molar-refractivity contribution is 6.00. The van der Waals surface area contributed by atoms with Crippen LogP contribution in [0, 0.1) is 23.7 Å². The predicted molar refractivity (Wildman–Crippen MR) is 60.8 cm³/mol. The molecule has 0 spiro atoms. The molecule has 17 heavy (non-hydrogen) atoms. The molecule has 1 N–H and O–H groups in total. The molecule has 2 amide bonds. The molecule has 1 aliphatic heterocycles. The Bertz CT molecular complexity index is 368. The van der Waals surface area contributed by atoms with Crippen LogP contribution in [0.25, 0.3) is 0 Å². The van der Waals surface area contributed by atoms with Crippen LogP contribution in [-0.2, 0) is 9.59 Å². The van der Waals surface area contributed by atoms with Crippen molar-refractivity contribution in [3.8, 4) is 0 Å². The largest absolute Gasteiger partial charge is 0.393 e. The van der Waals surface area contributed by atoms with Gasteiger partial charge in [-0.3, -0.25) is 14.5 Å². The molecule has 5 unspecified atom stereocenters. The molecule has 2 saturated carbocycles. The van der Waals surface area contributed by atoms with E-state index in [1.165, 1.54) is 4.90 Å². The quantitative estimate of drug-likeness (QED) is 0.634. The lowest BCUT2D eigenvalue weighted by atomic mass is 9.58. The van der Waals surface area contributed by atoms with Crippen LogP contribution in [0.3, 0.4) is 0 Å². The van der Waals surface area contributed by atoms with Crippen molar-refractivity contribution < 1.29 is 14.7 Å². The number of rotatable bonds is 0. The van der Waals surface area contributed by atoms with Crippen LogP contribution in [0.5, 0.6) is 0 Å². The van der Waals surface area contributed by atoms with E-state index in [9.17, 15) is 14.7 Å². The normalized spacial score (nSPS) is 45.8. The fourth-order valence-corrected chi connectivity index (χ4v) is 4.25. The Morgan fingerprint density at radius 3 is 2.59 bits per heavy atom. The minimum atomic E-state index is -0.356. The number of nitrogens with zero attached hydrogens (tertiary/aromatic N) is 1. The first kappa shape index (κ1) is 11.2. The summed E-state index contributed by atoms with van der Waals surface area (Å²) in [5.74, 6) is 0.456. The third kappa shape index (κ3) is 1.53. The number of aliphatic hydroxyl groups is 1. The first-order chi connectivity index (χ1) is 8.09. The van der Waals surface area contributed by atoms with Gasteiger partial charge in [-0.1, -0.05) is 12.8 Å². The van der Waals surface area contributed by atoms with Gasteiger partial charge in [0.15, 0.2) is 0 Å².